The first kappa shape index (κ1) is 15.9. The lowest BCUT2D eigenvalue weighted by Crippen LogP contribution is -2.46. The molecule has 4 nitrogen and oxygen atoms in total. The van der Waals surface area contributed by atoms with Gasteiger partial charge in [-0.05, 0) is 37.8 Å². The second-order valence-electron chi connectivity index (χ2n) is 7.02. The summed E-state index contributed by atoms with van der Waals surface area (Å²) in [6.07, 6.45) is 4.00. The summed E-state index contributed by atoms with van der Waals surface area (Å²) in [5, 5.41) is 4.92. The maximum absolute atomic E-state index is 6.00. The van der Waals surface area contributed by atoms with Gasteiger partial charge in [0.1, 0.15) is 0 Å². The monoisotopic (exact) mass is 325 g/mol. The Balaban J connectivity index is 1.55. The molecule has 1 aliphatic heterocycles. The van der Waals surface area contributed by atoms with E-state index in [1.807, 2.05) is 0 Å². The van der Waals surface area contributed by atoms with Gasteiger partial charge >= 0.3 is 0 Å². The molecule has 2 fully saturated rings. The Morgan fingerprint density at radius 1 is 1.29 bits per heavy atom. The molecule has 1 aromatic heterocycles. The maximum atomic E-state index is 6.00. The van der Waals surface area contributed by atoms with Gasteiger partial charge in [0.15, 0.2) is 0 Å². The Hall–Kier alpha value is -1.65. The van der Waals surface area contributed by atoms with Gasteiger partial charge in [-0.15, -0.1) is 0 Å². The molecule has 24 heavy (non-hydrogen) atoms. The number of fused-ring (bicyclic) bond motifs is 1. The molecule has 4 heteroatoms. The van der Waals surface area contributed by atoms with Gasteiger partial charge in [-0.3, -0.25) is 9.88 Å². The van der Waals surface area contributed by atoms with Crippen LogP contribution in [0.1, 0.15) is 31.0 Å². The largest absolute Gasteiger partial charge is 0.382 e. The number of rotatable bonds is 5. The summed E-state index contributed by atoms with van der Waals surface area (Å²) >= 11 is 0. The molecule has 128 valence electrons. The lowest BCUT2D eigenvalue weighted by Gasteiger charge is -2.33. The summed E-state index contributed by atoms with van der Waals surface area (Å²) in [6.45, 7) is 8.20. The Kier molecular flexibility index (Phi) is 4.42. The number of pyridine rings is 1. The molecule has 1 saturated heterocycles. The van der Waals surface area contributed by atoms with Gasteiger partial charge in [0.05, 0.1) is 18.2 Å². The van der Waals surface area contributed by atoms with Crippen molar-refractivity contribution >= 4 is 16.6 Å². The highest BCUT2D eigenvalue weighted by Gasteiger charge is 2.32. The number of aryl methyl sites for hydroxylation is 1. The predicted molar refractivity (Wildman–Crippen MR) is 98.7 cm³/mol. The highest BCUT2D eigenvalue weighted by Crippen LogP contribution is 2.30. The van der Waals surface area contributed by atoms with E-state index in [2.05, 4.69) is 48.3 Å². The molecule has 0 bridgehead atoms. The summed E-state index contributed by atoms with van der Waals surface area (Å²) < 4.78 is 6.00. The lowest BCUT2D eigenvalue weighted by molar-refractivity contribution is -0.0241. The third kappa shape index (κ3) is 3.13. The SMILES string of the molecule is CCc1c(C)nc2ccccc2c1NCC1CN(C2CC2)CCO1. The van der Waals surface area contributed by atoms with Gasteiger partial charge in [-0.25, -0.2) is 0 Å². The van der Waals surface area contributed by atoms with Crippen LogP contribution in [0.25, 0.3) is 10.9 Å². The van der Waals surface area contributed by atoms with E-state index in [0.29, 0.717) is 0 Å². The fourth-order valence-electron chi connectivity index (χ4n) is 3.86. The number of aromatic nitrogens is 1. The number of ether oxygens (including phenoxy) is 1. The Morgan fingerprint density at radius 2 is 2.12 bits per heavy atom. The molecule has 2 aromatic rings. The van der Waals surface area contributed by atoms with Crippen LogP contribution in [0.5, 0.6) is 0 Å². The quantitative estimate of drug-likeness (QED) is 0.914. The third-order valence-corrected chi connectivity index (χ3v) is 5.29. The zero-order chi connectivity index (χ0) is 16.5. The molecule has 1 N–H and O–H groups in total. The lowest BCUT2D eigenvalue weighted by atomic mass is 10.0. The van der Waals surface area contributed by atoms with Crippen LogP contribution in [0, 0.1) is 6.92 Å². The van der Waals surface area contributed by atoms with Crippen molar-refractivity contribution in [2.75, 3.05) is 31.6 Å². The molecule has 0 spiro atoms. The van der Waals surface area contributed by atoms with Crippen LogP contribution in [0.2, 0.25) is 0 Å². The second-order valence-corrected chi connectivity index (χ2v) is 7.02. The number of nitrogens with one attached hydrogen (secondary N) is 1. The number of anilines is 1. The molecule has 0 amide bonds. The van der Waals surface area contributed by atoms with Crippen molar-refractivity contribution in [3.8, 4) is 0 Å². The highest BCUT2D eigenvalue weighted by atomic mass is 16.5. The van der Waals surface area contributed by atoms with E-state index < -0.39 is 0 Å². The van der Waals surface area contributed by atoms with E-state index in [4.69, 9.17) is 9.72 Å². The van der Waals surface area contributed by atoms with Crippen LogP contribution >= 0.6 is 0 Å². The standard InChI is InChI=1S/C20H27N3O/c1-3-17-14(2)22-19-7-5-4-6-18(19)20(17)21-12-16-13-23(10-11-24-16)15-8-9-15/h4-7,15-16H,3,8-13H2,1-2H3,(H,21,22). The van der Waals surface area contributed by atoms with Gasteiger partial charge in [-0.1, -0.05) is 25.1 Å². The van der Waals surface area contributed by atoms with E-state index in [9.17, 15) is 0 Å². The van der Waals surface area contributed by atoms with E-state index in [-0.39, 0.29) is 6.10 Å². The van der Waals surface area contributed by atoms with Gasteiger partial charge in [0.25, 0.3) is 0 Å². The summed E-state index contributed by atoms with van der Waals surface area (Å²) in [7, 11) is 0. The van der Waals surface area contributed by atoms with Gasteiger partial charge in [0, 0.05) is 42.4 Å². The van der Waals surface area contributed by atoms with E-state index in [1.54, 1.807) is 0 Å². The highest BCUT2D eigenvalue weighted by molar-refractivity contribution is 5.93. The average Bonchev–Trinajstić information content (AvgIpc) is 3.44. The Bertz CT molecular complexity index is 726. The van der Waals surface area contributed by atoms with Crippen LogP contribution in [-0.4, -0.2) is 48.3 Å². The maximum Gasteiger partial charge on any atom is 0.0874 e. The van der Waals surface area contributed by atoms with Gasteiger partial charge in [-0.2, -0.15) is 0 Å². The van der Waals surface area contributed by atoms with Crippen LogP contribution in [-0.2, 0) is 11.2 Å². The molecule has 2 heterocycles. The predicted octanol–water partition coefficient (Wildman–Crippen LogP) is 3.38. The number of morpholine rings is 1. The van der Waals surface area contributed by atoms with Crippen molar-refractivity contribution in [1.82, 2.24) is 9.88 Å². The first-order valence-electron chi connectivity index (χ1n) is 9.24. The molecule has 1 atom stereocenters. The third-order valence-electron chi connectivity index (χ3n) is 5.29. The molecule has 1 aromatic carbocycles. The van der Waals surface area contributed by atoms with Crippen molar-refractivity contribution in [3.05, 3.63) is 35.5 Å². The van der Waals surface area contributed by atoms with E-state index in [1.165, 1.54) is 29.5 Å². The van der Waals surface area contributed by atoms with Gasteiger partial charge in [0.2, 0.25) is 0 Å². The molecular weight excluding hydrogens is 298 g/mol. The molecule has 1 aliphatic carbocycles. The fourth-order valence-corrected chi connectivity index (χ4v) is 3.86. The minimum absolute atomic E-state index is 0.274. The smallest absolute Gasteiger partial charge is 0.0874 e. The minimum Gasteiger partial charge on any atom is -0.382 e. The zero-order valence-corrected chi connectivity index (χ0v) is 14.7. The van der Waals surface area contributed by atoms with Crippen LogP contribution in [0.4, 0.5) is 5.69 Å². The first-order valence-corrected chi connectivity index (χ1v) is 9.24. The van der Waals surface area contributed by atoms with Crippen molar-refractivity contribution < 1.29 is 4.74 Å². The fraction of sp³-hybridized carbons (Fsp3) is 0.550. The molecule has 1 unspecified atom stereocenters. The Labute approximate surface area is 144 Å². The Morgan fingerprint density at radius 3 is 2.92 bits per heavy atom. The summed E-state index contributed by atoms with van der Waals surface area (Å²) in [5.74, 6) is 0. The normalized spacial score (nSPS) is 22.0. The molecule has 4 rings (SSSR count). The number of hydrogen-bond acceptors (Lipinski definition) is 4. The summed E-state index contributed by atoms with van der Waals surface area (Å²) in [4.78, 5) is 7.37. The van der Waals surface area contributed by atoms with Crippen LogP contribution in [0.15, 0.2) is 24.3 Å². The molecule has 0 radical (unpaired) electrons. The van der Waals surface area contributed by atoms with E-state index >= 15 is 0 Å². The number of nitrogens with zero attached hydrogens (tertiary/aromatic N) is 2. The van der Waals surface area contributed by atoms with Crippen molar-refractivity contribution in [2.24, 2.45) is 0 Å². The number of para-hydroxylation sites is 1. The van der Waals surface area contributed by atoms with Crippen molar-refractivity contribution in [2.45, 2.75) is 45.3 Å². The van der Waals surface area contributed by atoms with Crippen LogP contribution in [0.3, 0.4) is 0 Å². The molecular formula is C20H27N3O. The molecule has 2 aliphatic rings. The topological polar surface area (TPSA) is 37.4 Å². The van der Waals surface area contributed by atoms with E-state index in [0.717, 1.165) is 49.9 Å². The summed E-state index contributed by atoms with van der Waals surface area (Å²) in [5.41, 5.74) is 4.76. The average molecular weight is 325 g/mol. The minimum atomic E-state index is 0.274. The van der Waals surface area contributed by atoms with Gasteiger partial charge < -0.3 is 10.1 Å². The first-order chi connectivity index (χ1) is 11.8. The van der Waals surface area contributed by atoms with Crippen molar-refractivity contribution in [1.29, 1.82) is 0 Å². The number of benzene rings is 1. The number of hydrogen-bond donors (Lipinski definition) is 1. The zero-order valence-electron chi connectivity index (χ0n) is 14.7. The van der Waals surface area contributed by atoms with Crippen LogP contribution < -0.4 is 5.32 Å². The summed E-state index contributed by atoms with van der Waals surface area (Å²) in [6, 6.07) is 9.24. The molecule has 1 saturated carbocycles. The van der Waals surface area contributed by atoms with Crippen molar-refractivity contribution in [3.63, 3.8) is 0 Å². The second kappa shape index (κ2) is 6.69.